The van der Waals surface area contributed by atoms with Crippen LogP contribution < -0.4 is 5.30 Å². The van der Waals surface area contributed by atoms with Crippen molar-refractivity contribution < 1.29 is 4.79 Å². The molecule has 0 aromatic heterocycles. The van der Waals surface area contributed by atoms with E-state index >= 15 is 0 Å². The summed E-state index contributed by atoms with van der Waals surface area (Å²) in [7, 11) is 2.63. The second kappa shape index (κ2) is 3.82. The maximum absolute atomic E-state index is 11.4. The molecule has 1 atom stereocenters. The highest BCUT2D eigenvalue weighted by molar-refractivity contribution is 7.27. The van der Waals surface area contributed by atoms with E-state index < -0.39 is 0 Å². The minimum absolute atomic E-state index is 0.219. The number of Topliss-reactive ketones (excluding diaryl/α,β-unsaturated/α-hetero) is 1. The SMILES string of the molecule is CCC(=O)c1cccc(P)c1C. The molecule has 1 unspecified atom stereocenters. The summed E-state index contributed by atoms with van der Waals surface area (Å²) in [6, 6.07) is 5.79. The van der Waals surface area contributed by atoms with Gasteiger partial charge in [0.2, 0.25) is 0 Å². The van der Waals surface area contributed by atoms with E-state index in [0.717, 1.165) is 16.4 Å². The largest absolute Gasteiger partial charge is 0.294 e. The fourth-order valence-corrected chi connectivity index (χ4v) is 1.41. The van der Waals surface area contributed by atoms with Crippen LogP contribution in [-0.2, 0) is 0 Å². The Balaban J connectivity index is 3.16. The van der Waals surface area contributed by atoms with E-state index in [4.69, 9.17) is 0 Å². The van der Waals surface area contributed by atoms with Crippen LogP contribution in [0.5, 0.6) is 0 Å². The molecule has 1 rings (SSSR count). The van der Waals surface area contributed by atoms with Crippen LogP contribution >= 0.6 is 9.24 Å². The molecule has 0 aliphatic heterocycles. The molecule has 1 aromatic carbocycles. The Bertz CT molecular complexity index is 305. The van der Waals surface area contributed by atoms with Gasteiger partial charge < -0.3 is 0 Å². The van der Waals surface area contributed by atoms with E-state index in [9.17, 15) is 4.79 Å². The fraction of sp³-hybridized carbons (Fsp3) is 0.300. The van der Waals surface area contributed by atoms with Crippen LogP contribution in [0.3, 0.4) is 0 Å². The lowest BCUT2D eigenvalue weighted by atomic mass is 10.0. The number of hydrogen-bond donors (Lipinski definition) is 0. The van der Waals surface area contributed by atoms with E-state index in [1.54, 1.807) is 0 Å². The second-order valence-corrected chi connectivity index (χ2v) is 3.42. The number of ketones is 1. The van der Waals surface area contributed by atoms with Crippen molar-refractivity contribution in [2.75, 3.05) is 0 Å². The van der Waals surface area contributed by atoms with Crippen molar-refractivity contribution >= 4 is 20.3 Å². The third-order valence-electron chi connectivity index (χ3n) is 2.00. The summed E-state index contributed by atoms with van der Waals surface area (Å²) in [6.07, 6.45) is 0.578. The minimum Gasteiger partial charge on any atom is -0.294 e. The van der Waals surface area contributed by atoms with Gasteiger partial charge >= 0.3 is 0 Å². The standard InChI is InChI=1S/C10H13OP/c1-3-9(11)8-5-4-6-10(12)7(8)2/h4-6H,3,12H2,1-2H3. The zero-order chi connectivity index (χ0) is 9.14. The Labute approximate surface area is 75.4 Å². The van der Waals surface area contributed by atoms with Crippen molar-refractivity contribution in [3.05, 3.63) is 29.3 Å². The van der Waals surface area contributed by atoms with E-state index in [2.05, 4.69) is 9.24 Å². The zero-order valence-electron chi connectivity index (χ0n) is 7.42. The quantitative estimate of drug-likeness (QED) is 0.503. The predicted molar refractivity (Wildman–Crippen MR) is 55.1 cm³/mol. The Morgan fingerprint density at radius 2 is 2.17 bits per heavy atom. The van der Waals surface area contributed by atoms with Crippen LogP contribution in [0.15, 0.2) is 18.2 Å². The van der Waals surface area contributed by atoms with Gasteiger partial charge in [0.15, 0.2) is 5.78 Å². The smallest absolute Gasteiger partial charge is 0.162 e. The Morgan fingerprint density at radius 3 is 2.75 bits per heavy atom. The Hall–Kier alpha value is -0.680. The Morgan fingerprint density at radius 1 is 1.50 bits per heavy atom. The van der Waals surface area contributed by atoms with Gasteiger partial charge in [0.05, 0.1) is 0 Å². The first-order valence-corrected chi connectivity index (χ1v) is 4.62. The van der Waals surface area contributed by atoms with Gasteiger partial charge in [-0.25, -0.2) is 0 Å². The summed E-state index contributed by atoms with van der Waals surface area (Å²) in [5.41, 5.74) is 1.93. The molecule has 12 heavy (non-hydrogen) atoms. The molecule has 0 spiro atoms. The van der Waals surface area contributed by atoms with Crippen LogP contribution in [0, 0.1) is 6.92 Å². The van der Waals surface area contributed by atoms with Crippen LogP contribution in [0.2, 0.25) is 0 Å². The van der Waals surface area contributed by atoms with E-state index in [0.29, 0.717) is 6.42 Å². The van der Waals surface area contributed by atoms with Gasteiger partial charge in [-0.15, -0.1) is 9.24 Å². The summed E-state index contributed by atoms with van der Waals surface area (Å²) in [4.78, 5) is 11.4. The van der Waals surface area contributed by atoms with Crippen molar-refractivity contribution in [1.29, 1.82) is 0 Å². The van der Waals surface area contributed by atoms with Crippen LogP contribution in [0.1, 0.15) is 29.3 Å². The molecule has 0 bridgehead atoms. The molecule has 0 aliphatic rings. The molecule has 0 amide bonds. The van der Waals surface area contributed by atoms with Gasteiger partial charge in [0.1, 0.15) is 0 Å². The minimum atomic E-state index is 0.219. The third-order valence-corrected chi connectivity index (χ3v) is 2.62. The first kappa shape index (κ1) is 9.41. The average Bonchev–Trinajstić information content (AvgIpc) is 2.08. The molecule has 0 heterocycles. The second-order valence-electron chi connectivity index (χ2n) is 2.80. The third kappa shape index (κ3) is 1.73. The predicted octanol–water partition coefficient (Wildman–Crippen LogP) is 2.09. The van der Waals surface area contributed by atoms with Crippen molar-refractivity contribution in [3.63, 3.8) is 0 Å². The molecule has 1 nitrogen and oxygen atoms in total. The number of carbonyl (C=O) groups is 1. The zero-order valence-corrected chi connectivity index (χ0v) is 8.58. The molecule has 64 valence electrons. The fourth-order valence-electron chi connectivity index (χ4n) is 1.15. The highest BCUT2D eigenvalue weighted by atomic mass is 31.0. The summed E-state index contributed by atoms with van der Waals surface area (Å²) >= 11 is 0. The first-order valence-electron chi connectivity index (χ1n) is 4.05. The summed E-state index contributed by atoms with van der Waals surface area (Å²) in [5, 5.41) is 1.11. The Kier molecular flexibility index (Phi) is 2.99. The van der Waals surface area contributed by atoms with Crippen LogP contribution in [0.4, 0.5) is 0 Å². The molecule has 0 radical (unpaired) electrons. The molecule has 0 saturated carbocycles. The van der Waals surface area contributed by atoms with E-state index in [1.807, 2.05) is 32.0 Å². The van der Waals surface area contributed by atoms with Gasteiger partial charge in [-0.05, 0) is 17.8 Å². The van der Waals surface area contributed by atoms with Gasteiger partial charge in [-0.2, -0.15) is 0 Å². The maximum atomic E-state index is 11.4. The normalized spacial score (nSPS) is 9.92. The summed E-state index contributed by atoms with van der Waals surface area (Å²) in [6.45, 7) is 3.86. The lowest BCUT2D eigenvalue weighted by Crippen LogP contribution is -2.06. The van der Waals surface area contributed by atoms with Crippen LogP contribution in [0.25, 0.3) is 0 Å². The molecule has 0 fully saturated rings. The molecular formula is C10H13OP. The molecular weight excluding hydrogens is 167 g/mol. The lowest BCUT2D eigenvalue weighted by molar-refractivity contribution is 0.0987. The maximum Gasteiger partial charge on any atom is 0.162 e. The van der Waals surface area contributed by atoms with Crippen molar-refractivity contribution in [2.24, 2.45) is 0 Å². The van der Waals surface area contributed by atoms with Crippen molar-refractivity contribution in [2.45, 2.75) is 20.3 Å². The van der Waals surface area contributed by atoms with Crippen molar-refractivity contribution in [3.8, 4) is 0 Å². The van der Waals surface area contributed by atoms with Crippen LogP contribution in [-0.4, -0.2) is 5.78 Å². The summed E-state index contributed by atoms with van der Waals surface area (Å²) in [5.74, 6) is 0.219. The lowest BCUT2D eigenvalue weighted by Gasteiger charge is -2.05. The highest BCUT2D eigenvalue weighted by Crippen LogP contribution is 2.09. The number of rotatable bonds is 2. The van der Waals surface area contributed by atoms with Gasteiger partial charge in [-0.3, -0.25) is 4.79 Å². The first-order chi connectivity index (χ1) is 5.66. The van der Waals surface area contributed by atoms with Gasteiger partial charge in [0, 0.05) is 12.0 Å². The molecule has 0 N–H and O–H groups in total. The molecule has 0 saturated heterocycles. The van der Waals surface area contributed by atoms with Gasteiger partial charge in [-0.1, -0.05) is 25.1 Å². The summed E-state index contributed by atoms with van der Waals surface area (Å²) < 4.78 is 0. The molecule has 1 aromatic rings. The monoisotopic (exact) mass is 180 g/mol. The molecule has 0 aliphatic carbocycles. The average molecular weight is 180 g/mol. The van der Waals surface area contributed by atoms with Gasteiger partial charge in [0.25, 0.3) is 0 Å². The van der Waals surface area contributed by atoms with Crippen molar-refractivity contribution in [1.82, 2.24) is 0 Å². The number of hydrogen-bond acceptors (Lipinski definition) is 1. The number of carbonyl (C=O) groups excluding carboxylic acids is 1. The topological polar surface area (TPSA) is 17.1 Å². The van der Waals surface area contributed by atoms with E-state index in [1.165, 1.54) is 0 Å². The molecule has 2 heteroatoms. The van der Waals surface area contributed by atoms with E-state index in [-0.39, 0.29) is 5.78 Å². The number of benzene rings is 1. The highest BCUT2D eigenvalue weighted by Gasteiger charge is 2.06.